The Balaban J connectivity index is 2.12. The minimum Gasteiger partial charge on any atom is -0.383 e. The number of aliphatic hydroxyl groups excluding tert-OH is 1. The third kappa shape index (κ3) is 1.82. The molecule has 23 heavy (non-hydrogen) atoms. The number of carbonyl (C=O) groups is 1. The van der Waals surface area contributed by atoms with Crippen molar-refractivity contribution in [3.8, 4) is 0 Å². The van der Waals surface area contributed by atoms with E-state index in [0.29, 0.717) is 5.56 Å². The Kier molecular flexibility index (Phi) is 3.14. The van der Waals surface area contributed by atoms with Crippen molar-refractivity contribution >= 4 is 5.78 Å². The maximum atomic E-state index is 12.7. The predicted molar refractivity (Wildman–Crippen MR) is 89.5 cm³/mol. The number of ketones is 1. The monoisotopic (exact) mass is 300 g/mol. The summed E-state index contributed by atoms with van der Waals surface area (Å²) in [7, 11) is 0. The lowest BCUT2D eigenvalue weighted by atomic mass is 9.69. The minimum atomic E-state index is -1.12. The summed E-state index contributed by atoms with van der Waals surface area (Å²) in [6, 6.07) is 27.1. The molecule has 4 rings (SSSR count). The fraction of sp³-hybridized carbons (Fsp3) is 0.0952. The van der Waals surface area contributed by atoms with Crippen molar-refractivity contribution in [3.05, 3.63) is 107 Å². The highest BCUT2D eigenvalue weighted by molar-refractivity contribution is 6.07. The van der Waals surface area contributed by atoms with Crippen LogP contribution >= 0.6 is 0 Å². The highest BCUT2D eigenvalue weighted by atomic mass is 16.3. The molecule has 0 aliphatic heterocycles. The van der Waals surface area contributed by atoms with E-state index in [0.717, 1.165) is 16.7 Å². The number of Topliss-reactive ketones (excluding diaryl/α,β-unsaturated/α-hetero) is 1. The Bertz CT molecular complexity index is 814. The van der Waals surface area contributed by atoms with Gasteiger partial charge >= 0.3 is 0 Å². The zero-order valence-electron chi connectivity index (χ0n) is 12.5. The van der Waals surface area contributed by atoms with Gasteiger partial charge in [0, 0.05) is 5.56 Å². The number of rotatable bonds is 2. The van der Waals surface area contributed by atoms with Gasteiger partial charge in [-0.1, -0.05) is 84.9 Å². The van der Waals surface area contributed by atoms with Crippen LogP contribution in [0.15, 0.2) is 84.9 Å². The Morgan fingerprint density at radius 3 is 1.74 bits per heavy atom. The highest BCUT2D eigenvalue weighted by Crippen LogP contribution is 2.48. The number of hydrogen-bond acceptors (Lipinski definition) is 2. The largest absolute Gasteiger partial charge is 0.383 e. The average Bonchev–Trinajstić information content (AvgIpc) is 2.86. The first-order chi connectivity index (χ1) is 11.3. The van der Waals surface area contributed by atoms with Crippen molar-refractivity contribution in [2.24, 2.45) is 0 Å². The molecule has 0 saturated carbocycles. The van der Waals surface area contributed by atoms with Gasteiger partial charge in [-0.15, -0.1) is 0 Å². The van der Waals surface area contributed by atoms with Crippen LogP contribution in [-0.4, -0.2) is 17.0 Å². The first kappa shape index (κ1) is 13.9. The second-order valence-electron chi connectivity index (χ2n) is 5.85. The molecule has 0 saturated heterocycles. The summed E-state index contributed by atoms with van der Waals surface area (Å²) in [5.41, 5.74) is 2.48. The summed E-state index contributed by atoms with van der Waals surface area (Å²) in [4.78, 5) is 12.7. The minimum absolute atomic E-state index is 0.215. The molecule has 0 fully saturated rings. The number of hydrogen-bond donors (Lipinski definition) is 1. The van der Waals surface area contributed by atoms with Gasteiger partial charge in [-0.2, -0.15) is 0 Å². The Labute approximate surface area is 135 Å². The third-order valence-corrected chi connectivity index (χ3v) is 4.73. The Morgan fingerprint density at radius 2 is 1.17 bits per heavy atom. The van der Waals surface area contributed by atoms with Crippen LogP contribution in [0.4, 0.5) is 0 Å². The van der Waals surface area contributed by atoms with Crippen LogP contribution in [0, 0.1) is 0 Å². The molecule has 1 unspecified atom stereocenters. The van der Waals surface area contributed by atoms with Gasteiger partial charge in [-0.25, -0.2) is 0 Å². The lowest BCUT2D eigenvalue weighted by Gasteiger charge is -2.34. The Hall–Kier alpha value is -2.71. The summed E-state index contributed by atoms with van der Waals surface area (Å²) in [6.45, 7) is 0. The van der Waals surface area contributed by atoms with E-state index in [1.807, 2.05) is 78.9 Å². The van der Waals surface area contributed by atoms with Gasteiger partial charge in [0.25, 0.3) is 0 Å². The van der Waals surface area contributed by atoms with Crippen LogP contribution in [0.1, 0.15) is 27.0 Å². The van der Waals surface area contributed by atoms with Gasteiger partial charge in [0.05, 0.1) is 5.41 Å². The molecule has 2 heteroatoms. The fourth-order valence-corrected chi connectivity index (χ4v) is 3.73. The van der Waals surface area contributed by atoms with E-state index in [4.69, 9.17) is 0 Å². The van der Waals surface area contributed by atoms with Crippen molar-refractivity contribution in [1.82, 2.24) is 0 Å². The number of carbonyl (C=O) groups excluding carboxylic acids is 1. The van der Waals surface area contributed by atoms with E-state index >= 15 is 0 Å². The first-order valence-corrected chi connectivity index (χ1v) is 7.69. The molecule has 112 valence electrons. The summed E-state index contributed by atoms with van der Waals surface area (Å²) in [5, 5.41) is 11.0. The fourth-order valence-electron chi connectivity index (χ4n) is 3.73. The van der Waals surface area contributed by atoms with Crippen molar-refractivity contribution < 1.29 is 9.90 Å². The summed E-state index contributed by atoms with van der Waals surface area (Å²) < 4.78 is 0. The first-order valence-electron chi connectivity index (χ1n) is 7.69. The molecule has 3 aromatic rings. The second-order valence-corrected chi connectivity index (χ2v) is 5.85. The van der Waals surface area contributed by atoms with Crippen LogP contribution < -0.4 is 0 Å². The van der Waals surface area contributed by atoms with E-state index in [2.05, 4.69) is 0 Å². The molecule has 1 N–H and O–H groups in total. The zero-order valence-corrected chi connectivity index (χ0v) is 12.5. The van der Waals surface area contributed by atoms with Gasteiger partial charge in [-0.05, 0) is 16.7 Å². The molecule has 0 spiro atoms. The molecule has 0 radical (unpaired) electrons. The highest BCUT2D eigenvalue weighted by Gasteiger charge is 2.53. The van der Waals surface area contributed by atoms with Gasteiger partial charge in [0.2, 0.25) is 0 Å². The van der Waals surface area contributed by atoms with Gasteiger partial charge in [0.15, 0.2) is 5.78 Å². The topological polar surface area (TPSA) is 37.3 Å². The molecular formula is C21H16O2. The standard InChI is InChI=1S/C21H16O2/c22-19-17-13-7-8-14-18(17)21(20(19)23,15-9-3-1-4-10-15)16-11-5-2-6-12-16/h1-14,20,23H. The van der Waals surface area contributed by atoms with Crippen LogP contribution in [-0.2, 0) is 5.41 Å². The summed E-state index contributed by atoms with van der Waals surface area (Å²) in [6.07, 6.45) is -1.12. The average molecular weight is 300 g/mol. The summed E-state index contributed by atoms with van der Waals surface area (Å²) in [5.74, 6) is -0.215. The number of fused-ring (bicyclic) bond motifs is 1. The Morgan fingerprint density at radius 1 is 0.696 bits per heavy atom. The zero-order chi connectivity index (χ0) is 15.9. The van der Waals surface area contributed by atoms with Crippen LogP contribution in [0.3, 0.4) is 0 Å². The molecular weight excluding hydrogens is 284 g/mol. The maximum absolute atomic E-state index is 12.7. The van der Waals surface area contributed by atoms with Gasteiger partial charge in [-0.3, -0.25) is 4.79 Å². The summed E-state index contributed by atoms with van der Waals surface area (Å²) >= 11 is 0. The SMILES string of the molecule is O=C1c2ccccc2C(c2ccccc2)(c2ccccc2)C1O. The van der Waals surface area contributed by atoms with Crippen molar-refractivity contribution in [3.63, 3.8) is 0 Å². The van der Waals surface area contributed by atoms with E-state index < -0.39 is 11.5 Å². The smallest absolute Gasteiger partial charge is 0.193 e. The molecule has 0 heterocycles. The predicted octanol–water partition coefficient (Wildman–Crippen LogP) is 3.58. The molecule has 3 aromatic carbocycles. The van der Waals surface area contributed by atoms with E-state index in [1.165, 1.54) is 0 Å². The molecule has 1 aliphatic rings. The van der Waals surface area contributed by atoms with E-state index in [9.17, 15) is 9.90 Å². The number of benzene rings is 3. The quantitative estimate of drug-likeness (QED) is 0.785. The number of aliphatic hydroxyl groups is 1. The van der Waals surface area contributed by atoms with Crippen molar-refractivity contribution in [2.45, 2.75) is 11.5 Å². The molecule has 0 aromatic heterocycles. The maximum Gasteiger partial charge on any atom is 0.193 e. The van der Waals surface area contributed by atoms with Crippen LogP contribution in [0.25, 0.3) is 0 Å². The van der Waals surface area contributed by atoms with Crippen molar-refractivity contribution in [1.29, 1.82) is 0 Å². The molecule has 0 amide bonds. The normalized spacial score (nSPS) is 18.7. The lowest BCUT2D eigenvalue weighted by molar-refractivity contribution is 0.0691. The van der Waals surface area contributed by atoms with E-state index in [1.54, 1.807) is 6.07 Å². The van der Waals surface area contributed by atoms with Crippen LogP contribution in [0.2, 0.25) is 0 Å². The van der Waals surface area contributed by atoms with Crippen molar-refractivity contribution in [2.75, 3.05) is 0 Å². The van der Waals surface area contributed by atoms with Gasteiger partial charge < -0.3 is 5.11 Å². The molecule has 1 atom stereocenters. The second kappa shape index (κ2) is 5.18. The molecule has 1 aliphatic carbocycles. The van der Waals surface area contributed by atoms with Crippen LogP contribution in [0.5, 0.6) is 0 Å². The van der Waals surface area contributed by atoms with E-state index in [-0.39, 0.29) is 5.78 Å². The van der Waals surface area contributed by atoms with Gasteiger partial charge in [0.1, 0.15) is 6.10 Å². The molecule has 0 bridgehead atoms. The molecule has 2 nitrogen and oxygen atoms in total. The lowest BCUT2D eigenvalue weighted by Crippen LogP contribution is -2.40. The third-order valence-electron chi connectivity index (χ3n) is 4.73.